The van der Waals surface area contributed by atoms with E-state index in [0.29, 0.717) is 16.6 Å². The number of ether oxygens (including phenoxy) is 2. The van der Waals surface area contributed by atoms with Crippen molar-refractivity contribution in [3.05, 3.63) is 85.2 Å². The molecule has 0 radical (unpaired) electrons. The van der Waals surface area contributed by atoms with Crippen LogP contribution < -0.4 is 22.1 Å². The number of anilines is 1. The Morgan fingerprint density at radius 2 is 1.76 bits per heavy atom. The second-order valence-electron chi connectivity index (χ2n) is 7.19. The second kappa shape index (κ2) is 9.45. The largest absolute Gasteiger partial charge is 0.459 e. The Morgan fingerprint density at radius 3 is 2.53 bits per heavy atom. The van der Waals surface area contributed by atoms with Gasteiger partial charge in [0.15, 0.2) is 0 Å². The van der Waals surface area contributed by atoms with Gasteiger partial charge < -0.3 is 13.9 Å². The van der Waals surface area contributed by atoms with Gasteiger partial charge in [-0.1, -0.05) is 12.1 Å². The van der Waals surface area contributed by atoms with Crippen molar-refractivity contribution in [2.24, 2.45) is 0 Å². The minimum Gasteiger partial charge on any atom is -0.459 e. The molecule has 11 nitrogen and oxygen atoms in total. The van der Waals surface area contributed by atoms with Crippen molar-refractivity contribution in [3.63, 3.8) is 0 Å². The molecule has 0 atom stereocenters. The van der Waals surface area contributed by atoms with Crippen molar-refractivity contribution in [2.75, 3.05) is 11.9 Å². The minimum absolute atomic E-state index is 0.169. The van der Waals surface area contributed by atoms with Crippen LogP contribution in [0.5, 0.6) is 0 Å². The number of rotatable bonds is 6. The van der Waals surface area contributed by atoms with Gasteiger partial charge in [-0.15, -0.1) is 0 Å². The molecule has 4 aromatic rings. The van der Waals surface area contributed by atoms with Gasteiger partial charge in [-0.3, -0.25) is 24.8 Å². The van der Waals surface area contributed by atoms with E-state index >= 15 is 0 Å². The molecule has 2 heterocycles. The summed E-state index contributed by atoms with van der Waals surface area (Å²) in [6.07, 6.45) is -0.656. The van der Waals surface area contributed by atoms with Gasteiger partial charge in [0.2, 0.25) is 0 Å². The van der Waals surface area contributed by atoms with Crippen LogP contribution in [0.3, 0.4) is 0 Å². The molecule has 0 aliphatic carbocycles. The lowest BCUT2D eigenvalue weighted by atomic mass is 10.1. The molecule has 1 amide bonds. The number of carbonyl (C=O) groups excluding carboxylic acids is 2. The van der Waals surface area contributed by atoms with Gasteiger partial charge in [0.05, 0.1) is 17.4 Å². The molecule has 2 aromatic carbocycles. The van der Waals surface area contributed by atoms with E-state index in [9.17, 15) is 24.0 Å². The lowest BCUT2D eigenvalue weighted by molar-refractivity contribution is -0.145. The number of fused-ring (bicyclic) bond motifs is 2. The summed E-state index contributed by atoms with van der Waals surface area (Å²) in [5, 5.41) is 5.74. The highest BCUT2D eigenvalue weighted by Gasteiger charge is 2.14. The van der Waals surface area contributed by atoms with E-state index in [4.69, 9.17) is 13.9 Å². The van der Waals surface area contributed by atoms with E-state index in [1.807, 2.05) is 0 Å². The number of H-pyrrole nitrogens is 1. The highest BCUT2D eigenvalue weighted by Crippen LogP contribution is 2.22. The van der Waals surface area contributed by atoms with Gasteiger partial charge in [-0.05, 0) is 31.2 Å². The molecular formula is C23H19N3O8. The number of aromatic amines is 1. The van der Waals surface area contributed by atoms with Crippen LogP contribution in [-0.4, -0.2) is 28.4 Å². The molecule has 0 fully saturated rings. The van der Waals surface area contributed by atoms with Crippen molar-refractivity contribution in [2.45, 2.75) is 20.1 Å². The van der Waals surface area contributed by atoms with Crippen molar-refractivity contribution in [1.82, 2.24) is 9.78 Å². The van der Waals surface area contributed by atoms with Gasteiger partial charge in [0.25, 0.3) is 11.1 Å². The molecular weight excluding hydrogens is 446 g/mol. The first kappa shape index (κ1) is 22.5. The molecule has 0 unspecified atom stereocenters. The average molecular weight is 465 g/mol. The Kier molecular flexibility index (Phi) is 6.26. The van der Waals surface area contributed by atoms with Crippen LogP contribution in [-0.2, 0) is 27.4 Å². The molecule has 0 bridgehead atoms. The van der Waals surface area contributed by atoms with Crippen LogP contribution in [0.25, 0.3) is 21.7 Å². The third-order valence-corrected chi connectivity index (χ3v) is 4.91. The highest BCUT2D eigenvalue weighted by atomic mass is 16.5. The highest BCUT2D eigenvalue weighted by molar-refractivity contribution is 5.90. The zero-order chi connectivity index (χ0) is 24.2. The van der Waals surface area contributed by atoms with E-state index in [-0.39, 0.29) is 29.6 Å². The Hall–Kier alpha value is -4.67. The number of amides is 1. The maximum Gasteiger partial charge on any atom is 0.411 e. The zero-order valence-corrected chi connectivity index (χ0v) is 18.0. The quantitative estimate of drug-likeness (QED) is 0.325. The number of esters is 1. The Morgan fingerprint density at radius 1 is 1.00 bits per heavy atom. The standard InChI is InChI=1S/C23H19N3O8/c1-2-32-23(31)24-14-7-8-15-13(9-19(27)34-18(15)10-14)12-33-20(28)11-26-22(30)17-6-4-3-5-16(17)21(29)25-26/h3-10H,2,11-12H2,1H3,(H,24,31)(H,25,29). The van der Waals surface area contributed by atoms with Crippen molar-refractivity contribution < 1.29 is 23.5 Å². The zero-order valence-electron chi connectivity index (χ0n) is 18.0. The first-order valence-electron chi connectivity index (χ1n) is 10.2. The molecule has 4 rings (SSSR count). The number of benzene rings is 2. The van der Waals surface area contributed by atoms with E-state index in [2.05, 4.69) is 10.4 Å². The Balaban J connectivity index is 1.52. The van der Waals surface area contributed by atoms with Gasteiger partial charge in [0.1, 0.15) is 18.7 Å². The maximum atomic E-state index is 12.6. The summed E-state index contributed by atoms with van der Waals surface area (Å²) in [6, 6.07) is 12.0. The third kappa shape index (κ3) is 4.72. The Bertz CT molecular complexity index is 1580. The first-order chi connectivity index (χ1) is 16.4. The number of carbonyl (C=O) groups is 2. The number of hydrogen-bond donors (Lipinski definition) is 2. The summed E-state index contributed by atoms with van der Waals surface area (Å²) in [5.41, 5.74) is -0.851. The van der Waals surface area contributed by atoms with Crippen molar-refractivity contribution in [1.29, 1.82) is 0 Å². The molecule has 34 heavy (non-hydrogen) atoms. The minimum atomic E-state index is -0.796. The summed E-state index contributed by atoms with van der Waals surface area (Å²) in [7, 11) is 0. The lowest BCUT2D eigenvalue weighted by Gasteiger charge is -2.10. The van der Waals surface area contributed by atoms with Crippen LogP contribution in [0.2, 0.25) is 0 Å². The summed E-state index contributed by atoms with van der Waals surface area (Å²) >= 11 is 0. The molecule has 0 aliphatic rings. The SMILES string of the molecule is CCOC(=O)Nc1ccc2c(COC(=O)Cn3[nH]c(=O)c4ccccc4c3=O)cc(=O)oc2c1. The Labute approximate surface area is 190 Å². The fourth-order valence-corrected chi connectivity index (χ4v) is 3.40. The van der Waals surface area contributed by atoms with Gasteiger partial charge in [-0.2, -0.15) is 0 Å². The van der Waals surface area contributed by atoms with E-state index in [1.54, 1.807) is 31.2 Å². The van der Waals surface area contributed by atoms with Crippen LogP contribution >= 0.6 is 0 Å². The second-order valence-corrected chi connectivity index (χ2v) is 7.19. The van der Waals surface area contributed by atoms with Crippen LogP contribution in [0.4, 0.5) is 10.5 Å². The first-order valence-corrected chi connectivity index (χ1v) is 10.2. The van der Waals surface area contributed by atoms with Crippen LogP contribution in [0.1, 0.15) is 12.5 Å². The molecule has 0 spiro atoms. The lowest BCUT2D eigenvalue weighted by Crippen LogP contribution is -2.32. The van der Waals surface area contributed by atoms with E-state index in [1.165, 1.54) is 24.3 Å². The van der Waals surface area contributed by atoms with E-state index < -0.39 is 35.4 Å². The predicted octanol–water partition coefficient (Wildman–Crippen LogP) is 2.11. The maximum absolute atomic E-state index is 12.6. The monoisotopic (exact) mass is 465 g/mol. The fraction of sp³-hybridized carbons (Fsp3) is 0.174. The normalized spacial score (nSPS) is 10.9. The molecule has 2 aromatic heterocycles. The molecule has 11 heteroatoms. The van der Waals surface area contributed by atoms with Gasteiger partial charge in [0, 0.05) is 28.8 Å². The van der Waals surface area contributed by atoms with Crippen molar-refractivity contribution >= 4 is 39.5 Å². The fourth-order valence-electron chi connectivity index (χ4n) is 3.40. The molecule has 0 saturated heterocycles. The van der Waals surface area contributed by atoms with E-state index in [0.717, 1.165) is 4.68 Å². The van der Waals surface area contributed by atoms with Crippen LogP contribution in [0, 0.1) is 0 Å². The number of hydrogen-bond acceptors (Lipinski definition) is 8. The number of nitrogens with one attached hydrogen (secondary N) is 2. The van der Waals surface area contributed by atoms with Crippen LogP contribution in [0.15, 0.2) is 67.3 Å². The average Bonchev–Trinajstić information content (AvgIpc) is 2.80. The summed E-state index contributed by atoms with van der Waals surface area (Å²) in [4.78, 5) is 60.7. The molecule has 174 valence electrons. The summed E-state index contributed by atoms with van der Waals surface area (Å²) in [5.74, 6) is -0.796. The number of aromatic nitrogens is 2. The molecule has 2 N–H and O–H groups in total. The van der Waals surface area contributed by atoms with Gasteiger partial charge in [-0.25, -0.2) is 14.3 Å². The van der Waals surface area contributed by atoms with Crippen molar-refractivity contribution in [3.8, 4) is 0 Å². The third-order valence-electron chi connectivity index (χ3n) is 4.91. The summed E-state index contributed by atoms with van der Waals surface area (Å²) < 4.78 is 16.1. The molecule has 0 aliphatic heterocycles. The smallest absolute Gasteiger partial charge is 0.411 e. The summed E-state index contributed by atoms with van der Waals surface area (Å²) in [6.45, 7) is 1.06. The van der Waals surface area contributed by atoms with Gasteiger partial charge >= 0.3 is 17.7 Å². The predicted molar refractivity (Wildman–Crippen MR) is 122 cm³/mol. The number of nitrogens with zero attached hydrogens (tertiary/aromatic N) is 1. The molecule has 0 saturated carbocycles. The topological polar surface area (TPSA) is 150 Å².